The van der Waals surface area contributed by atoms with Crippen LogP contribution in [-0.4, -0.2) is 50.7 Å². The highest BCUT2D eigenvalue weighted by molar-refractivity contribution is 6.16. The number of aliphatic imine (C=N–C) groups is 1. The monoisotopic (exact) mass is 384 g/mol. The molecule has 1 aromatic heterocycles. The van der Waals surface area contributed by atoms with E-state index in [4.69, 9.17) is 15.2 Å². The van der Waals surface area contributed by atoms with Gasteiger partial charge in [-0.3, -0.25) is 9.67 Å². The number of nitrogens with one attached hydrogen (secondary N) is 1. The molecule has 0 aliphatic carbocycles. The third-order valence-electron chi connectivity index (χ3n) is 4.03. The molecule has 0 amide bonds. The molecule has 8 heteroatoms. The van der Waals surface area contributed by atoms with E-state index in [0.29, 0.717) is 12.2 Å². The summed E-state index contributed by atoms with van der Waals surface area (Å²) in [5, 5.41) is 23.7. The molecule has 0 bridgehead atoms. The number of carboxylic acids is 2. The van der Waals surface area contributed by atoms with E-state index in [9.17, 15) is 9.59 Å². The quantitative estimate of drug-likeness (QED) is 0.696. The normalized spacial score (nSPS) is 12.9. The highest BCUT2D eigenvalue weighted by atomic mass is 16.4. The summed E-state index contributed by atoms with van der Waals surface area (Å²) in [6.45, 7) is 5.90. The first-order chi connectivity index (χ1) is 13.3. The zero-order valence-electron chi connectivity index (χ0n) is 16.1. The van der Waals surface area contributed by atoms with Gasteiger partial charge in [-0.2, -0.15) is 5.10 Å². The van der Waals surface area contributed by atoms with E-state index < -0.39 is 11.9 Å². The maximum absolute atomic E-state index is 9.55. The van der Waals surface area contributed by atoms with Crippen LogP contribution in [0, 0.1) is 6.92 Å². The highest BCUT2D eigenvalue weighted by Gasteiger charge is 2.22. The fraction of sp³-hybridized carbons (Fsp3) is 0.300. The Hall–Kier alpha value is -3.42. The van der Waals surface area contributed by atoms with Gasteiger partial charge in [-0.25, -0.2) is 9.59 Å². The maximum Gasteiger partial charge on any atom is 0.328 e. The minimum atomic E-state index is -1.26. The number of aliphatic carboxylic acids is 2. The summed E-state index contributed by atoms with van der Waals surface area (Å²) in [5.41, 5.74) is 5.78. The van der Waals surface area contributed by atoms with Crippen LogP contribution in [0.3, 0.4) is 0 Å². The van der Waals surface area contributed by atoms with E-state index >= 15 is 0 Å². The number of fused-ring (bicyclic) bond motifs is 1. The van der Waals surface area contributed by atoms with Crippen molar-refractivity contribution in [1.82, 2.24) is 9.78 Å². The number of carboxylic acid groups (broad SMARTS) is 2. The zero-order valence-corrected chi connectivity index (χ0v) is 16.1. The first kappa shape index (κ1) is 20.9. The molecule has 1 aliphatic rings. The van der Waals surface area contributed by atoms with Crippen LogP contribution >= 0.6 is 0 Å². The lowest BCUT2D eigenvalue weighted by molar-refractivity contribution is -0.134. The molecular formula is C20H24N4O4. The molecule has 1 aromatic carbocycles. The van der Waals surface area contributed by atoms with Crippen molar-refractivity contribution in [2.45, 2.75) is 20.3 Å². The van der Waals surface area contributed by atoms with Crippen molar-refractivity contribution in [1.29, 1.82) is 0 Å². The van der Waals surface area contributed by atoms with Crippen LogP contribution in [0.25, 0.3) is 0 Å². The molecule has 0 radical (unpaired) electrons. The minimum Gasteiger partial charge on any atom is -0.478 e. The van der Waals surface area contributed by atoms with E-state index in [1.54, 1.807) is 0 Å². The summed E-state index contributed by atoms with van der Waals surface area (Å²) in [4.78, 5) is 23.9. The number of rotatable bonds is 4. The van der Waals surface area contributed by atoms with Gasteiger partial charge in [0.05, 0.1) is 23.5 Å². The van der Waals surface area contributed by atoms with E-state index in [-0.39, 0.29) is 0 Å². The number of anilines is 1. The Morgan fingerprint density at radius 1 is 1.25 bits per heavy atom. The van der Waals surface area contributed by atoms with Crippen LogP contribution in [0.5, 0.6) is 0 Å². The number of benzene rings is 1. The maximum atomic E-state index is 9.55. The Morgan fingerprint density at radius 3 is 2.50 bits per heavy atom. The first-order valence-corrected chi connectivity index (χ1v) is 8.89. The molecule has 0 unspecified atom stereocenters. The number of aryl methyl sites for hydroxylation is 3. The summed E-state index contributed by atoms with van der Waals surface area (Å²) in [6.07, 6.45) is 2.03. The van der Waals surface area contributed by atoms with Gasteiger partial charge >= 0.3 is 11.9 Å². The summed E-state index contributed by atoms with van der Waals surface area (Å²) >= 11 is 0. The Balaban J connectivity index is 0.000000300. The number of nitrogens with zero attached hydrogens (tertiary/aromatic N) is 3. The fourth-order valence-electron chi connectivity index (χ4n) is 2.87. The van der Waals surface area contributed by atoms with Crippen LogP contribution in [0.15, 0.2) is 41.4 Å². The average Bonchev–Trinajstić information content (AvgIpc) is 2.82. The number of hydrogen-bond donors (Lipinski definition) is 3. The van der Waals surface area contributed by atoms with Crippen LogP contribution < -0.4 is 5.32 Å². The van der Waals surface area contributed by atoms with Gasteiger partial charge in [-0.1, -0.05) is 30.7 Å². The second-order valence-electron chi connectivity index (χ2n) is 6.18. The molecule has 2 heterocycles. The van der Waals surface area contributed by atoms with Crippen molar-refractivity contribution in [2.24, 2.45) is 12.0 Å². The molecule has 0 fully saturated rings. The lowest BCUT2D eigenvalue weighted by Crippen LogP contribution is -2.08. The predicted molar refractivity (Wildman–Crippen MR) is 107 cm³/mol. The molecule has 0 saturated carbocycles. The summed E-state index contributed by atoms with van der Waals surface area (Å²) in [6, 6.07) is 8.53. The van der Waals surface area contributed by atoms with Crippen molar-refractivity contribution in [3.05, 3.63) is 58.8 Å². The lowest BCUT2D eigenvalue weighted by Gasteiger charge is -2.08. The molecule has 148 valence electrons. The number of aromatic nitrogens is 2. The van der Waals surface area contributed by atoms with E-state index in [1.807, 2.05) is 11.7 Å². The molecule has 1 aliphatic heterocycles. The van der Waals surface area contributed by atoms with E-state index in [2.05, 4.69) is 48.5 Å². The zero-order chi connectivity index (χ0) is 20.7. The van der Waals surface area contributed by atoms with Crippen LogP contribution in [0.4, 0.5) is 5.82 Å². The van der Waals surface area contributed by atoms with Gasteiger partial charge in [-0.05, 0) is 19.4 Å². The second-order valence-corrected chi connectivity index (χ2v) is 6.18. The van der Waals surface area contributed by atoms with Gasteiger partial charge in [0.1, 0.15) is 5.82 Å². The summed E-state index contributed by atoms with van der Waals surface area (Å²) in [5.74, 6) is -1.43. The van der Waals surface area contributed by atoms with Gasteiger partial charge in [0.15, 0.2) is 0 Å². The minimum absolute atomic E-state index is 0.558. The predicted octanol–water partition coefficient (Wildman–Crippen LogP) is 2.27. The van der Waals surface area contributed by atoms with Crippen molar-refractivity contribution < 1.29 is 19.8 Å². The molecule has 3 rings (SSSR count). The van der Waals surface area contributed by atoms with Crippen molar-refractivity contribution in [3.63, 3.8) is 0 Å². The van der Waals surface area contributed by atoms with Crippen LogP contribution in [0.2, 0.25) is 0 Å². The molecule has 3 N–H and O–H groups in total. The van der Waals surface area contributed by atoms with E-state index in [0.717, 1.165) is 42.3 Å². The largest absolute Gasteiger partial charge is 0.478 e. The van der Waals surface area contributed by atoms with Crippen LogP contribution in [0.1, 0.15) is 29.3 Å². The van der Waals surface area contributed by atoms with Gasteiger partial charge in [0.25, 0.3) is 0 Å². The van der Waals surface area contributed by atoms with Crippen molar-refractivity contribution >= 4 is 23.5 Å². The third-order valence-corrected chi connectivity index (χ3v) is 4.03. The number of carbonyl (C=O) groups is 2. The molecule has 28 heavy (non-hydrogen) atoms. The molecule has 2 aromatic rings. The topological polar surface area (TPSA) is 117 Å². The molecule has 0 atom stereocenters. The van der Waals surface area contributed by atoms with Crippen molar-refractivity contribution in [3.8, 4) is 0 Å². The van der Waals surface area contributed by atoms with Crippen molar-refractivity contribution in [2.75, 3.05) is 18.4 Å². The number of hydrogen-bond acceptors (Lipinski definition) is 5. The second kappa shape index (κ2) is 9.50. The summed E-state index contributed by atoms with van der Waals surface area (Å²) in [7, 11) is 1.99. The lowest BCUT2D eigenvalue weighted by atomic mass is 9.99. The first-order valence-electron chi connectivity index (χ1n) is 8.89. The SMILES string of the molecule is CCc1nn(C)c2c1C(c1cccc(C)c1)=NCCN2.O=C(O)/C=C/C(=O)O. The summed E-state index contributed by atoms with van der Waals surface area (Å²) < 4.78 is 1.94. The average molecular weight is 384 g/mol. The van der Waals surface area contributed by atoms with Gasteiger partial charge in [0, 0.05) is 31.3 Å². The standard InChI is InChI=1S/C16H20N4.C4H4O4/c1-4-13-14-15(12-7-5-6-11(2)10-12)17-8-9-18-16(14)20(3)19-13;5-3(6)1-2-4(7)8/h5-7,10,18H,4,8-9H2,1-3H3;1-2H,(H,5,6)(H,7,8)/b;2-1+. The highest BCUT2D eigenvalue weighted by Crippen LogP contribution is 2.26. The van der Waals surface area contributed by atoms with Gasteiger partial charge in [0.2, 0.25) is 0 Å². The Morgan fingerprint density at radius 2 is 1.93 bits per heavy atom. The van der Waals surface area contributed by atoms with Crippen LogP contribution in [-0.2, 0) is 23.1 Å². The third kappa shape index (κ3) is 5.29. The van der Waals surface area contributed by atoms with E-state index in [1.165, 1.54) is 11.1 Å². The Labute approximate surface area is 163 Å². The molecule has 0 saturated heterocycles. The molecule has 8 nitrogen and oxygen atoms in total. The smallest absolute Gasteiger partial charge is 0.328 e. The Bertz CT molecular complexity index is 912. The molecule has 0 spiro atoms. The van der Waals surface area contributed by atoms with Gasteiger partial charge in [-0.15, -0.1) is 0 Å². The fourth-order valence-corrected chi connectivity index (χ4v) is 2.87. The van der Waals surface area contributed by atoms with Gasteiger partial charge < -0.3 is 15.5 Å². The molecular weight excluding hydrogens is 360 g/mol. The Kier molecular flexibility index (Phi) is 7.08.